The molecule has 0 aliphatic carbocycles. The van der Waals surface area contributed by atoms with Crippen LogP contribution in [0.3, 0.4) is 0 Å². The van der Waals surface area contributed by atoms with Gasteiger partial charge in [-0.25, -0.2) is 4.99 Å². The van der Waals surface area contributed by atoms with E-state index in [1.165, 1.54) is 18.7 Å². The van der Waals surface area contributed by atoms with Crippen molar-refractivity contribution in [1.29, 1.82) is 0 Å². The number of unbranched alkanes of at least 4 members (excludes halogenated alkanes) is 1. The summed E-state index contributed by atoms with van der Waals surface area (Å²) < 4.78 is 15.7. The number of carbonyl (C=O) groups excluding carboxylic acids is 3. The Morgan fingerprint density at radius 3 is 2.46 bits per heavy atom. The average molecular weight is 538 g/mol. The van der Waals surface area contributed by atoms with Crippen LogP contribution in [0.4, 0.5) is 5.69 Å². The van der Waals surface area contributed by atoms with Gasteiger partial charge < -0.3 is 36.3 Å². The number of nitrogens with zero attached hydrogens (tertiary/aromatic N) is 3. The van der Waals surface area contributed by atoms with Crippen LogP contribution < -0.4 is 32.2 Å². The largest absolute Gasteiger partial charge is 0.490 e. The molecule has 202 valence electrons. The monoisotopic (exact) mass is 537 g/mol. The molecule has 2 unspecified atom stereocenters. The molecular weight excluding hydrogens is 506 g/mol. The van der Waals surface area contributed by atoms with Crippen molar-refractivity contribution in [1.82, 2.24) is 5.32 Å². The van der Waals surface area contributed by atoms with E-state index in [4.69, 9.17) is 43.0 Å². The number of amides is 1. The van der Waals surface area contributed by atoms with Crippen LogP contribution >= 0.6 is 11.6 Å². The minimum atomic E-state index is -0.947. The molecule has 1 aromatic carbocycles. The first-order valence-electron chi connectivity index (χ1n) is 11.5. The van der Waals surface area contributed by atoms with Crippen LogP contribution in [-0.4, -0.2) is 61.0 Å². The van der Waals surface area contributed by atoms with Gasteiger partial charge in [-0.15, -0.1) is 0 Å². The molecule has 13 nitrogen and oxygen atoms in total. The normalized spacial score (nSPS) is 16.6. The van der Waals surface area contributed by atoms with E-state index in [2.05, 4.69) is 15.3 Å². The maximum atomic E-state index is 12.7. The Hall–Kier alpha value is -3.84. The summed E-state index contributed by atoms with van der Waals surface area (Å²) in [5.41, 5.74) is 18.5. The van der Waals surface area contributed by atoms with Crippen LogP contribution in [0.2, 0.25) is 0 Å². The van der Waals surface area contributed by atoms with E-state index in [9.17, 15) is 14.4 Å². The number of carbonyl (C=O) groups is 3. The number of nitrogens with two attached hydrogens (primary N) is 3. The van der Waals surface area contributed by atoms with Gasteiger partial charge in [-0.1, -0.05) is 24.9 Å². The Labute approximate surface area is 219 Å². The van der Waals surface area contributed by atoms with Crippen molar-refractivity contribution in [3.8, 4) is 5.75 Å². The van der Waals surface area contributed by atoms with Gasteiger partial charge in [-0.2, -0.15) is 0 Å². The molecule has 2 rings (SSSR count). The number of halogens is 1. The summed E-state index contributed by atoms with van der Waals surface area (Å²) in [4.78, 5) is 44.6. The number of aliphatic imine (C=N–C) groups is 2. The summed E-state index contributed by atoms with van der Waals surface area (Å²) in [7, 11) is 0. The molecule has 0 fully saturated rings. The van der Waals surface area contributed by atoms with Crippen molar-refractivity contribution in [3.05, 3.63) is 35.8 Å². The number of rotatable bonds is 11. The van der Waals surface area contributed by atoms with Gasteiger partial charge in [0, 0.05) is 26.1 Å². The molecule has 7 N–H and O–H groups in total. The number of hydrogen-bond acceptors (Lipinski definition) is 11. The molecule has 1 amide bonds. The van der Waals surface area contributed by atoms with Crippen LogP contribution in [0.5, 0.6) is 5.75 Å². The van der Waals surface area contributed by atoms with Crippen molar-refractivity contribution in [2.24, 2.45) is 27.2 Å². The minimum absolute atomic E-state index is 0.0410. The number of benzene rings is 1. The molecule has 1 aliphatic rings. The highest BCUT2D eigenvalue weighted by atomic mass is 35.5. The molecular formula is C23H32ClN7O6. The van der Waals surface area contributed by atoms with E-state index >= 15 is 0 Å². The van der Waals surface area contributed by atoms with Gasteiger partial charge in [0.25, 0.3) is 5.91 Å². The third-order valence-corrected chi connectivity index (χ3v) is 5.16. The molecule has 1 aromatic rings. The molecule has 1 aliphatic heterocycles. The summed E-state index contributed by atoms with van der Waals surface area (Å²) in [5, 5.41) is 2.38. The SMILES string of the molecule is CCCCN=C(N)NC(=O)C1=C(N)N(c2ccc(OCC(COC(C)=O)OC(C)=O)cc2)C(N)C(Cl)=N1. The summed E-state index contributed by atoms with van der Waals surface area (Å²) in [6.07, 6.45) is 0.0203. The summed E-state index contributed by atoms with van der Waals surface area (Å²) in [6.45, 7) is 4.77. The Morgan fingerprint density at radius 1 is 1.19 bits per heavy atom. The number of guanidine groups is 1. The first-order chi connectivity index (χ1) is 17.5. The molecule has 0 aromatic heterocycles. The fourth-order valence-electron chi connectivity index (χ4n) is 3.09. The lowest BCUT2D eigenvalue weighted by atomic mass is 10.2. The quantitative estimate of drug-likeness (QED) is 0.135. The Morgan fingerprint density at radius 2 is 1.86 bits per heavy atom. The van der Waals surface area contributed by atoms with Gasteiger partial charge in [0.05, 0.1) is 0 Å². The van der Waals surface area contributed by atoms with Crippen LogP contribution in [0.15, 0.2) is 45.8 Å². The zero-order chi connectivity index (χ0) is 27.5. The molecule has 0 saturated carbocycles. The number of nitrogens with one attached hydrogen (secondary N) is 1. The topological polar surface area (TPSA) is 197 Å². The van der Waals surface area contributed by atoms with Crippen molar-refractivity contribution < 1.29 is 28.6 Å². The van der Waals surface area contributed by atoms with E-state index in [1.54, 1.807) is 24.3 Å². The Kier molecular flexibility index (Phi) is 11.2. The van der Waals surface area contributed by atoms with Crippen LogP contribution in [0.1, 0.15) is 33.6 Å². The van der Waals surface area contributed by atoms with Gasteiger partial charge in [0.2, 0.25) is 0 Å². The van der Waals surface area contributed by atoms with Crippen molar-refractivity contribution >= 4 is 46.3 Å². The lowest BCUT2D eigenvalue weighted by Crippen LogP contribution is -2.52. The first kappa shape index (κ1) is 29.4. The first-order valence-corrected chi connectivity index (χ1v) is 11.8. The van der Waals surface area contributed by atoms with E-state index in [-0.39, 0.29) is 35.9 Å². The molecule has 0 spiro atoms. The maximum absolute atomic E-state index is 12.7. The fourth-order valence-corrected chi connectivity index (χ4v) is 3.28. The van der Waals surface area contributed by atoms with E-state index in [0.717, 1.165) is 12.8 Å². The lowest BCUT2D eigenvalue weighted by Gasteiger charge is -2.33. The molecule has 37 heavy (non-hydrogen) atoms. The van der Waals surface area contributed by atoms with E-state index < -0.39 is 30.1 Å². The van der Waals surface area contributed by atoms with Crippen LogP contribution in [0, 0.1) is 0 Å². The Balaban J connectivity index is 2.16. The number of ether oxygens (including phenoxy) is 3. The van der Waals surface area contributed by atoms with Crippen molar-refractivity contribution in [2.45, 2.75) is 45.9 Å². The molecule has 2 atom stereocenters. The minimum Gasteiger partial charge on any atom is -0.490 e. The maximum Gasteiger partial charge on any atom is 0.303 e. The number of anilines is 1. The van der Waals surface area contributed by atoms with E-state index in [1.807, 2.05) is 6.92 Å². The molecule has 0 radical (unpaired) electrons. The van der Waals surface area contributed by atoms with Gasteiger partial charge in [0.1, 0.15) is 36.1 Å². The molecule has 0 saturated heterocycles. The number of esters is 2. The predicted molar refractivity (Wildman–Crippen MR) is 139 cm³/mol. The third-order valence-electron chi connectivity index (χ3n) is 4.85. The fraction of sp³-hybridized carbons (Fsp3) is 0.435. The summed E-state index contributed by atoms with van der Waals surface area (Å²) in [6, 6.07) is 6.51. The summed E-state index contributed by atoms with van der Waals surface area (Å²) >= 11 is 6.21. The molecule has 0 bridgehead atoms. The molecule has 14 heteroatoms. The summed E-state index contributed by atoms with van der Waals surface area (Å²) in [5.74, 6) is -1.41. The van der Waals surface area contributed by atoms with Gasteiger partial charge in [0.15, 0.2) is 17.8 Å². The van der Waals surface area contributed by atoms with Gasteiger partial charge in [-0.3, -0.25) is 24.7 Å². The van der Waals surface area contributed by atoms with Gasteiger partial charge in [-0.05, 0) is 30.7 Å². The molecule has 1 heterocycles. The second-order valence-electron chi connectivity index (χ2n) is 7.90. The zero-order valence-electron chi connectivity index (χ0n) is 20.9. The van der Waals surface area contributed by atoms with E-state index in [0.29, 0.717) is 18.0 Å². The highest BCUT2D eigenvalue weighted by molar-refractivity contribution is 6.67. The standard InChI is InChI=1S/C23H32ClN7O6/c1-4-5-10-28-23(27)30-22(34)18-20(25)31(21(26)19(24)29-18)15-6-8-16(9-7-15)36-12-17(37-14(3)33)11-35-13(2)32/h6-9,17,21H,4-5,10-12,25-26H2,1-3H3,(H3,27,28,30,34). The van der Waals surface area contributed by atoms with Crippen molar-refractivity contribution in [2.75, 3.05) is 24.7 Å². The highest BCUT2D eigenvalue weighted by Crippen LogP contribution is 2.28. The highest BCUT2D eigenvalue weighted by Gasteiger charge is 2.31. The zero-order valence-corrected chi connectivity index (χ0v) is 21.7. The lowest BCUT2D eigenvalue weighted by molar-refractivity contribution is -0.158. The van der Waals surface area contributed by atoms with Gasteiger partial charge >= 0.3 is 11.9 Å². The smallest absolute Gasteiger partial charge is 0.303 e. The second-order valence-corrected chi connectivity index (χ2v) is 8.28. The number of hydrogen-bond donors (Lipinski definition) is 4. The second kappa shape index (κ2) is 14.0. The van der Waals surface area contributed by atoms with Crippen molar-refractivity contribution in [3.63, 3.8) is 0 Å². The predicted octanol–water partition coefficient (Wildman–Crippen LogP) is 0.661. The third kappa shape index (κ3) is 8.95. The van der Waals surface area contributed by atoms with Crippen LogP contribution in [0.25, 0.3) is 0 Å². The average Bonchev–Trinajstić information content (AvgIpc) is 2.83. The van der Waals surface area contributed by atoms with Crippen LogP contribution in [-0.2, 0) is 23.9 Å². The Bertz CT molecular complexity index is 1070.